The second-order valence-electron chi connectivity index (χ2n) is 8.30. The first-order chi connectivity index (χ1) is 13.8. The Bertz CT molecular complexity index is 857. The van der Waals surface area contributed by atoms with Crippen molar-refractivity contribution in [3.05, 3.63) is 72.8 Å². The molecule has 3 radical (unpaired) electrons. The lowest BCUT2D eigenvalue weighted by molar-refractivity contribution is 0.843. The molecule has 0 saturated heterocycles. The molecule has 0 aliphatic rings. The van der Waals surface area contributed by atoms with Crippen molar-refractivity contribution in [2.45, 2.75) is 39.3 Å². The van der Waals surface area contributed by atoms with E-state index in [-0.39, 0.29) is 0 Å². The highest BCUT2D eigenvalue weighted by Gasteiger charge is 2.46. The van der Waals surface area contributed by atoms with Crippen molar-refractivity contribution in [1.29, 1.82) is 0 Å². The van der Waals surface area contributed by atoms with Crippen LogP contribution in [-0.4, -0.2) is 34.8 Å². The summed E-state index contributed by atoms with van der Waals surface area (Å²) in [4.78, 5) is 0. The molecule has 3 rings (SSSR count). The van der Waals surface area contributed by atoms with E-state index >= 15 is 4.11 Å². The van der Waals surface area contributed by atoms with Gasteiger partial charge in [0.2, 0.25) is 0 Å². The topological polar surface area (TPSA) is 0 Å². The van der Waals surface area contributed by atoms with Crippen LogP contribution in [0.3, 0.4) is 0 Å². The van der Waals surface area contributed by atoms with Gasteiger partial charge in [-0.2, -0.15) is 0 Å². The minimum Gasteiger partial charge on any atom is -0.296 e. The Hall–Kier alpha value is -1.54. The van der Waals surface area contributed by atoms with Gasteiger partial charge in [0.05, 0.1) is 26.4 Å². The van der Waals surface area contributed by atoms with Crippen molar-refractivity contribution in [3.8, 4) is 0 Å². The summed E-state index contributed by atoms with van der Waals surface area (Å²) < 4.78 is 18.0. The molecule has 0 unspecified atom stereocenters. The van der Waals surface area contributed by atoms with Crippen LogP contribution >= 0.6 is 0 Å². The molecule has 0 aliphatic heterocycles. The zero-order valence-electron chi connectivity index (χ0n) is 18.3. The fourth-order valence-corrected chi connectivity index (χ4v) is 14.3. The molecule has 0 heterocycles. The average Bonchev–Trinajstić information content (AvgIpc) is 2.73. The molecule has 149 valence electrons. The van der Waals surface area contributed by atoms with E-state index in [1.807, 2.05) is 18.2 Å². The summed E-state index contributed by atoms with van der Waals surface area (Å²) in [6.07, 6.45) is 0. The van der Waals surface area contributed by atoms with Crippen molar-refractivity contribution < 1.29 is 4.11 Å². The highest BCUT2D eigenvalue weighted by Crippen LogP contribution is 2.09. The van der Waals surface area contributed by atoms with Crippen LogP contribution in [0.15, 0.2) is 72.8 Å². The number of halogens is 1. The fourth-order valence-electron chi connectivity index (χ4n) is 4.09. The van der Waals surface area contributed by atoms with Crippen LogP contribution in [0.5, 0.6) is 0 Å². The molecule has 0 atom stereocenters. The second kappa shape index (κ2) is 9.08. The molecule has 5 heteroatoms. The van der Waals surface area contributed by atoms with Crippen LogP contribution in [-0.2, 0) is 0 Å². The van der Waals surface area contributed by atoms with Crippen LogP contribution in [0.25, 0.3) is 0 Å². The summed E-state index contributed by atoms with van der Waals surface area (Å²) in [6.45, 7) is 13.7. The third-order valence-corrected chi connectivity index (χ3v) is 14.3. The Balaban J connectivity index is 2.46. The minimum absolute atomic E-state index is 0.792. The number of hydrogen-bond acceptors (Lipinski definition) is 0. The van der Waals surface area contributed by atoms with E-state index in [4.69, 9.17) is 0 Å². The molecule has 0 bridgehead atoms. The Morgan fingerprint density at radius 3 is 0.966 bits per heavy atom. The average molecular weight is 450 g/mol. The molecule has 3 aromatic rings. The van der Waals surface area contributed by atoms with Gasteiger partial charge in [-0.3, -0.25) is 4.11 Å². The summed E-state index contributed by atoms with van der Waals surface area (Å²) in [7, 11) is -6.00. The second-order valence-corrected chi connectivity index (χ2v) is 18.8. The monoisotopic (exact) mass is 449 g/mol. The maximum atomic E-state index is 18.0. The molecular formula is C24H30FSi4. The third kappa shape index (κ3) is 4.19. The van der Waals surface area contributed by atoms with Gasteiger partial charge in [0.1, 0.15) is 0 Å². The minimum atomic E-state index is -3.62. The number of rotatable bonds is 6. The molecular weight excluding hydrogens is 420 g/mol. The molecule has 0 nitrogen and oxygen atoms in total. The zero-order chi connectivity index (χ0) is 21.2. The molecule has 29 heavy (non-hydrogen) atoms. The number of benzene rings is 3. The Morgan fingerprint density at radius 1 is 0.483 bits per heavy atom. The van der Waals surface area contributed by atoms with Gasteiger partial charge in [0.15, 0.2) is 0 Å². The summed E-state index contributed by atoms with van der Waals surface area (Å²) in [6, 6.07) is 25.1. The maximum Gasteiger partial charge on any atom is 0.339 e. The lowest BCUT2D eigenvalue weighted by Crippen LogP contribution is -2.75. The SMILES string of the molecule is C[Si](C)c1ccccc1[Si](F)(c1ccccc1[Si](C)C)c1ccccc1[Si](C)C. The van der Waals surface area contributed by atoms with Crippen molar-refractivity contribution >= 4 is 65.9 Å². The molecule has 0 aromatic heterocycles. The Labute approximate surface area is 181 Å². The lowest BCUT2D eigenvalue weighted by atomic mass is 10.3. The normalized spacial score (nSPS) is 12.2. The number of hydrogen-bond donors (Lipinski definition) is 0. The van der Waals surface area contributed by atoms with Crippen LogP contribution in [0, 0.1) is 0 Å². The van der Waals surface area contributed by atoms with Crippen LogP contribution < -0.4 is 31.1 Å². The fraction of sp³-hybridized carbons (Fsp3) is 0.250. The first kappa shape index (κ1) is 22.1. The van der Waals surface area contributed by atoms with Crippen LogP contribution in [0.4, 0.5) is 4.11 Å². The first-order valence-electron chi connectivity index (χ1n) is 10.2. The molecule has 0 spiro atoms. The van der Waals surface area contributed by atoms with Gasteiger partial charge in [0, 0.05) is 0 Å². The maximum absolute atomic E-state index is 18.0. The molecule has 3 aromatic carbocycles. The first-order valence-corrected chi connectivity index (χ1v) is 19.5. The van der Waals surface area contributed by atoms with E-state index in [9.17, 15) is 0 Å². The van der Waals surface area contributed by atoms with Gasteiger partial charge in [-0.05, 0) is 15.6 Å². The van der Waals surface area contributed by atoms with Crippen LogP contribution in [0.1, 0.15) is 0 Å². The van der Waals surface area contributed by atoms with Gasteiger partial charge in [-0.15, -0.1) is 0 Å². The highest BCUT2D eigenvalue weighted by atomic mass is 28.4. The summed E-state index contributed by atoms with van der Waals surface area (Å²) in [5.41, 5.74) is 0. The van der Waals surface area contributed by atoms with Crippen molar-refractivity contribution in [2.24, 2.45) is 0 Å². The summed E-state index contributed by atoms with van der Waals surface area (Å²) in [5.74, 6) is 0. The molecule has 0 amide bonds. The molecule has 0 saturated carbocycles. The van der Waals surface area contributed by atoms with Gasteiger partial charge in [0.25, 0.3) is 0 Å². The predicted octanol–water partition coefficient (Wildman–Crippen LogP) is 2.51. The predicted molar refractivity (Wildman–Crippen MR) is 136 cm³/mol. The van der Waals surface area contributed by atoms with E-state index in [2.05, 4.69) is 93.9 Å². The Kier molecular flexibility index (Phi) is 6.93. The Morgan fingerprint density at radius 2 is 0.724 bits per heavy atom. The smallest absolute Gasteiger partial charge is 0.296 e. The van der Waals surface area contributed by atoms with E-state index in [0.717, 1.165) is 15.6 Å². The van der Waals surface area contributed by atoms with E-state index in [0.29, 0.717) is 0 Å². The van der Waals surface area contributed by atoms with E-state index < -0.39 is 34.8 Å². The van der Waals surface area contributed by atoms with E-state index in [1.165, 1.54) is 15.6 Å². The summed E-state index contributed by atoms with van der Waals surface area (Å²) in [5, 5.41) is 6.68. The van der Waals surface area contributed by atoms with Crippen molar-refractivity contribution in [2.75, 3.05) is 0 Å². The van der Waals surface area contributed by atoms with Crippen molar-refractivity contribution in [3.63, 3.8) is 0 Å². The van der Waals surface area contributed by atoms with Gasteiger partial charge in [-0.25, -0.2) is 0 Å². The van der Waals surface area contributed by atoms with Gasteiger partial charge < -0.3 is 0 Å². The largest absolute Gasteiger partial charge is 0.339 e. The molecule has 0 aliphatic carbocycles. The third-order valence-electron chi connectivity index (χ3n) is 5.51. The molecule has 0 N–H and O–H groups in total. The van der Waals surface area contributed by atoms with Crippen LogP contribution in [0.2, 0.25) is 39.3 Å². The van der Waals surface area contributed by atoms with Gasteiger partial charge in [-0.1, -0.05) is 128 Å². The van der Waals surface area contributed by atoms with E-state index in [1.54, 1.807) is 0 Å². The summed E-state index contributed by atoms with van der Waals surface area (Å²) >= 11 is 0. The van der Waals surface area contributed by atoms with Crippen molar-refractivity contribution in [1.82, 2.24) is 0 Å². The molecule has 0 fully saturated rings. The van der Waals surface area contributed by atoms with Gasteiger partial charge >= 0.3 is 8.41 Å². The highest BCUT2D eigenvalue weighted by molar-refractivity contribution is 7.12. The zero-order valence-corrected chi connectivity index (χ0v) is 22.3. The lowest BCUT2D eigenvalue weighted by Gasteiger charge is -2.32. The quantitative estimate of drug-likeness (QED) is 0.308. The standard InChI is InChI=1S/C24H30FSi4/c1-26(2)19-13-7-10-16-22(19)29(25,23-17-11-8-14-20(23)27(3)4)24-18-12-9-15-21(24)28(5)6/h7-18H,1-6H3.